The molecule has 4 nitrogen and oxygen atoms in total. The molecule has 5 heteroatoms. The maximum Gasteiger partial charge on any atom is 0.170 e. The van der Waals surface area contributed by atoms with E-state index in [0.29, 0.717) is 11.5 Å². The van der Waals surface area contributed by atoms with E-state index >= 15 is 0 Å². The minimum Gasteiger partial charge on any atom is -0.489 e. The molecule has 0 aliphatic heterocycles. The Balaban J connectivity index is 2.07. The topological polar surface area (TPSA) is 67.8 Å². The molecule has 0 bridgehead atoms. The number of nitrogens with two attached hydrogens (primary N) is 1. The standard InChI is InChI=1S/C15H21BrN2O2/c1-9-3-5-12(7-10(9)2)20-14-6-4-11(8-13(14)16)15(17)18-19/h4,6,8-10,12,19H,3,5,7H2,1-2H3,(H2,17,18). The van der Waals surface area contributed by atoms with Gasteiger partial charge in [0.25, 0.3) is 0 Å². The Labute approximate surface area is 128 Å². The lowest BCUT2D eigenvalue weighted by Crippen LogP contribution is -2.28. The normalized spacial score (nSPS) is 27.4. The molecule has 0 amide bonds. The number of hydrogen-bond acceptors (Lipinski definition) is 3. The van der Waals surface area contributed by atoms with Crippen LogP contribution < -0.4 is 10.5 Å². The summed E-state index contributed by atoms with van der Waals surface area (Å²) >= 11 is 3.48. The first-order valence-corrected chi connectivity index (χ1v) is 7.74. The quantitative estimate of drug-likeness (QED) is 0.381. The monoisotopic (exact) mass is 340 g/mol. The second-order valence-electron chi connectivity index (χ2n) is 5.64. The number of ether oxygens (including phenoxy) is 1. The van der Waals surface area contributed by atoms with Gasteiger partial charge in [-0.1, -0.05) is 19.0 Å². The van der Waals surface area contributed by atoms with Crippen LogP contribution in [0.4, 0.5) is 0 Å². The highest BCUT2D eigenvalue weighted by atomic mass is 79.9. The number of rotatable bonds is 3. The van der Waals surface area contributed by atoms with Gasteiger partial charge in [-0.05, 0) is 65.2 Å². The molecule has 0 aromatic heterocycles. The largest absolute Gasteiger partial charge is 0.489 e. The van der Waals surface area contributed by atoms with Crippen LogP contribution in [-0.4, -0.2) is 17.1 Å². The smallest absolute Gasteiger partial charge is 0.170 e. The van der Waals surface area contributed by atoms with E-state index in [1.807, 2.05) is 6.07 Å². The molecule has 1 aliphatic rings. The van der Waals surface area contributed by atoms with Crippen molar-refractivity contribution in [3.05, 3.63) is 28.2 Å². The van der Waals surface area contributed by atoms with Crippen LogP contribution in [0.2, 0.25) is 0 Å². The second-order valence-corrected chi connectivity index (χ2v) is 6.49. The predicted molar refractivity (Wildman–Crippen MR) is 83.2 cm³/mol. The Kier molecular flexibility index (Phi) is 4.91. The summed E-state index contributed by atoms with van der Waals surface area (Å²) in [6.07, 6.45) is 3.67. The predicted octanol–water partition coefficient (Wildman–Crippen LogP) is 3.75. The highest BCUT2D eigenvalue weighted by Crippen LogP contribution is 2.34. The minimum absolute atomic E-state index is 0.0948. The Bertz CT molecular complexity index is 505. The maximum absolute atomic E-state index is 8.68. The van der Waals surface area contributed by atoms with Gasteiger partial charge in [0.15, 0.2) is 5.84 Å². The van der Waals surface area contributed by atoms with E-state index in [1.54, 1.807) is 12.1 Å². The Morgan fingerprint density at radius 2 is 2.10 bits per heavy atom. The summed E-state index contributed by atoms with van der Waals surface area (Å²) in [6.45, 7) is 4.60. The number of nitrogens with zero attached hydrogens (tertiary/aromatic N) is 1. The fraction of sp³-hybridized carbons (Fsp3) is 0.533. The lowest BCUT2D eigenvalue weighted by atomic mass is 9.80. The van der Waals surface area contributed by atoms with Crippen molar-refractivity contribution in [2.75, 3.05) is 0 Å². The molecule has 3 atom stereocenters. The van der Waals surface area contributed by atoms with Gasteiger partial charge in [-0.3, -0.25) is 0 Å². The molecule has 20 heavy (non-hydrogen) atoms. The van der Waals surface area contributed by atoms with Crippen molar-refractivity contribution in [3.63, 3.8) is 0 Å². The second kappa shape index (κ2) is 6.48. The lowest BCUT2D eigenvalue weighted by molar-refractivity contribution is 0.0999. The fourth-order valence-corrected chi connectivity index (χ4v) is 3.07. The number of halogens is 1. The molecule has 3 N–H and O–H groups in total. The van der Waals surface area contributed by atoms with E-state index in [0.717, 1.165) is 29.0 Å². The number of oxime groups is 1. The molecule has 3 unspecified atom stereocenters. The molecule has 0 radical (unpaired) electrons. The summed E-state index contributed by atoms with van der Waals surface area (Å²) in [5.74, 6) is 2.38. The molecule has 1 aromatic carbocycles. The third-order valence-corrected chi connectivity index (χ3v) is 4.80. The number of benzene rings is 1. The summed E-state index contributed by atoms with van der Waals surface area (Å²) in [7, 11) is 0. The van der Waals surface area contributed by atoms with Gasteiger partial charge in [0.05, 0.1) is 10.6 Å². The lowest BCUT2D eigenvalue weighted by Gasteiger charge is -2.32. The van der Waals surface area contributed by atoms with Crippen molar-refractivity contribution >= 4 is 21.8 Å². The zero-order valence-electron chi connectivity index (χ0n) is 11.8. The molecule has 110 valence electrons. The number of amidine groups is 1. The molecule has 0 heterocycles. The van der Waals surface area contributed by atoms with Gasteiger partial charge in [0.1, 0.15) is 5.75 Å². The first kappa shape index (κ1) is 15.2. The molecule has 1 saturated carbocycles. The third kappa shape index (κ3) is 3.45. The Hall–Kier alpha value is -1.23. The van der Waals surface area contributed by atoms with Crippen LogP contribution >= 0.6 is 15.9 Å². The van der Waals surface area contributed by atoms with Gasteiger partial charge in [0.2, 0.25) is 0 Å². The summed E-state index contributed by atoms with van der Waals surface area (Å²) in [6, 6.07) is 5.46. The van der Waals surface area contributed by atoms with Crippen LogP contribution in [0.25, 0.3) is 0 Å². The van der Waals surface area contributed by atoms with Crippen LogP contribution in [0, 0.1) is 11.8 Å². The molecule has 1 aromatic rings. The average Bonchev–Trinajstić information content (AvgIpc) is 2.44. The molecule has 0 spiro atoms. The van der Waals surface area contributed by atoms with E-state index < -0.39 is 0 Å². The van der Waals surface area contributed by atoms with Crippen molar-refractivity contribution in [3.8, 4) is 5.75 Å². The third-order valence-electron chi connectivity index (χ3n) is 4.18. The van der Waals surface area contributed by atoms with Crippen LogP contribution in [0.5, 0.6) is 5.75 Å². The summed E-state index contributed by atoms with van der Waals surface area (Å²) in [5, 5.41) is 11.7. The van der Waals surface area contributed by atoms with Gasteiger partial charge < -0.3 is 15.7 Å². The first-order chi connectivity index (χ1) is 9.51. The van der Waals surface area contributed by atoms with Crippen molar-refractivity contribution in [2.24, 2.45) is 22.7 Å². The van der Waals surface area contributed by atoms with Gasteiger partial charge in [-0.15, -0.1) is 0 Å². The van der Waals surface area contributed by atoms with Gasteiger partial charge in [-0.2, -0.15) is 0 Å². The van der Waals surface area contributed by atoms with E-state index in [9.17, 15) is 0 Å². The molecule has 2 rings (SSSR count). The first-order valence-electron chi connectivity index (χ1n) is 6.95. The summed E-state index contributed by atoms with van der Waals surface area (Å²) in [5.41, 5.74) is 6.23. The van der Waals surface area contributed by atoms with E-state index in [-0.39, 0.29) is 11.9 Å². The Morgan fingerprint density at radius 1 is 1.35 bits per heavy atom. The van der Waals surface area contributed by atoms with Crippen LogP contribution in [0.3, 0.4) is 0 Å². The Morgan fingerprint density at radius 3 is 2.70 bits per heavy atom. The maximum atomic E-state index is 8.68. The zero-order valence-corrected chi connectivity index (χ0v) is 13.4. The van der Waals surface area contributed by atoms with Gasteiger partial charge >= 0.3 is 0 Å². The molecule has 1 fully saturated rings. The number of hydrogen-bond donors (Lipinski definition) is 2. The van der Waals surface area contributed by atoms with Gasteiger partial charge in [-0.25, -0.2) is 0 Å². The zero-order chi connectivity index (χ0) is 14.7. The van der Waals surface area contributed by atoms with E-state index in [4.69, 9.17) is 15.7 Å². The molecule has 1 aliphatic carbocycles. The van der Waals surface area contributed by atoms with Crippen LogP contribution in [0.1, 0.15) is 38.7 Å². The molecular weight excluding hydrogens is 320 g/mol. The summed E-state index contributed by atoms with van der Waals surface area (Å²) in [4.78, 5) is 0. The highest BCUT2D eigenvalue weighted by molar-refractivity contribution is 9.10. The van der Waals surface area contributed by atoms with Crippen molar-refractivity contribution < 1.29 is 9.94 Å². The SMILES string of the molecule is CC1CCC(Oc2ccc(/C(N)=N/O)cc2Br)CC1C. The van der Waals surface area contributed by atoms with Crippen molar-refractivity contribution in [2.45, 2.75) is 39.2 Å². The van der Waals surface area contributed by atoms with Crippen LogP contribution in [-0.2, 0) is 0 Å². The average molecular weight is 341 g/mol. The van der Waals surface area contributed by atoms with Crippen LogP contribution in [0.15, 0.2) is 27.8 Å². The fourth-order valence-electron chi connectivity index (χ4n) is 2.60. The molecule has 0 saturated heterocycles. The highest BCUT2D eigenvalue weighted by Gasteiger charge is 2.26. The van der Waals surface area contributed by atoms with E-state index in [1.165, 1.54) is 6.42 Å². The minimum atomic E-state index is 0.0948. The van der Waals surface area contributed by atoms with Gasteiger partial charge in [0, 0.05) is 5.56 Å². The van der Waals surface area contributed by atoms with Crippen molar-refractivity contribution in [1.29, 1.82) is 0 Å². The van der Waals surface area contributed by atoms with Crippen molar-refractivity contribution in [1.82, 2.24) is 0 Å². The molecular formula is C15H21BrN2O2. The summed E-state index contributed by atoms with van der Waals surface area (Å²) < 4.78 is 6.91. The van der Waals surface area contributed by atoms with E-state index in [2.05, 4.69) is 34.9 Å².